The fourth-order valence-electron chi connectivity index (χ4n) is 3.09. The fourth-order valence-corrected chi connectivity index (χ4v) is 3.09. The predicted molar refractivity (Wildman–Crippen MR) is 151 cm³/mol. The van der Waals surface area contributed by atoms with Gasteiger partial charge < -0.3 is 56.4 Å². The average Bonchev–Trinajstić information content (AvgIpc) is 2.96. The van der Waals surface area contributed by atoms with E-state index in [1.807, 2.05) is 6.79 Å². The van der Waals surface area contributed by atoms with Crippen molar-refractivity contribution in [2.75, 3.05) is 32.1 Å². The van der Waals surface area contributed by atoms with E-state index >= 15 is 0 Å². The van der Waals surface area contributed by atoms with Gasteiger partial charge in [0.2, 0.25) is 18.1 Å². The molecule has 15 nitrogen and oxygen atoms in total. The minimum Gasteiger partial charge on any atom is -0.479 e. The molecule has 1 heterocycles. The van der Waals surface area contributed by atoms with Crippen molar-refractivity contribution in [3.05, 3.63) is 23.8 Å². The average molecular weight is 591 g/mol. The van der Waals surface area contributed by atoms with Crippen LogP contribution in [0.15, 0.2) is 18.2 Å². The molecule has 0 bridgehead atoms. The third-order valence-corrected chi connectivity index (χ3v) is 4.95. The van der Waals surface area contributed by atoms with E-state index in [2.05, 4.69) is 17.6 Å². The molecule has 1 fully saturated rings. The monoisotopic (exact) mass is 590 g/mol. The van der Waals surface area contributed by atoms with Crippen LogP contribution < -0.4 is 26.8 Å². The van der Waals surface area contributed by atoms with E-state index in [0.29, 0.717) is 5.56 Å². The summed E-state index contributed by atoms with van der Waals surface area (Å²) in [7, 11) is 1.00. The van der Waals surface area contributed by atoms with E-state index in [4.69, 9.17) is 35.6 Å². The normalized spacial score (nSPS) is 16.7. The molecule has 15 heteroatoms. The molecule has 1 aromatic carbocycles. The highest BCUT2D eigenvalue weighted by molar-refractivity contribution is 5.92. The molecule has 0 saturated carbocycles. The van der Waals surface area contributed by atoms with Gasteiger partial charge in [-0.2, -0.15) is 0 Å². The van der Waals surface area contributed by atoms with Crippen LogP contribution >= 0.6 is 0 Å². The number of nitrogens with two attached hydrogens (primary N) is 2. The van der Waals surface area contributed by atoms with Crippen LogP contribution in [0.1, 0.15) is 52.0 Å². The molecule has 1 saturated heterocycles. The smallest absolute Gasteiger partial charge is 0.333 e. The molecular weight excluding hydrogens is 544 g/mol. The van der Waals surface area contributed by atoms with E-state index in [0.717, 1.165) is 13.7 Å². The molecule has 2 amide bonds. The van der Waals surface area contributed by atoms with Crippen molar-refractivity contribution >= 4 is 36.7 Å². The van der Waals surface area contributed by atoms with Crippen molar-refractivity contribution < 1.29 is 53.5 Å². The summed E-state index contributed by atoms with van der Waals surface area (Å²) in [6.07, 6.45) is -0.582. The number of nitrogens with one attached hydrogen (secondary N) is 2. The van der Waals surface area contributed by atoms with Crippen LogP contribution in [-0.4, -0.2) is 91.6 Å². The number of aliphatic hydroxyl groups excluding tert-OH is 2. The van der Waals surface area contributed by atoms with Crippen LogP contribution in [0, 0.1) is 0 Å². The number of carboxylic acids is 1. The topological polar surface area (TPSA) is 250 Å². The minimum absolute atomic E-state index is 0. The van der Waals surface area contributed by atoms with E-state index in [9.17, 15) is 29.4 Å². The zero-order chi connectivity index (χ0) is 30.9. The summed E-state index contributed by atoms with van der Waals surface area (Å²) >= 11 is 0. The second-order valence-corrected chi connectivity index (χ2v) is 7.82. The lowest BCUT2D eigenvalue weighted by Gasteiger charge is -2.32. The van der Waals surface area contributed by atoms with E-state index < -0.39 is 36.3 Å². The van der Waals surface area contributed by atoms with Gasteiger partial charge in [-0.25, -0.2) is 4.79 Å². The maximum Gasteiger partial charge on any atom is 0.333 e. The van der Waals surface area contributed by atoms with Gasteiger partial charge in [-0.05, 0) is 30.7 Å². The Morgan fingerprint density at radius 2 is 1.83 bits per heavy atom. The molecule has 236 valence electrons. The molecule has 0 aliphatic carbocycles. The van der Waals surface area contributed by atoms with Crippen molar-refractivity contribution in [3.63, 3.8) is 0 Å². The standard InChI is InChI=1S/C19H25N3O9.C4H11N.CH4O.CH2O.CH4/c20-8-17(26)21-4-3-16(25)22-13-5-11(9-23)1-2-14(13)30-18-7-12(29-10-24)6-15(31-18)19(27)28;1-2-3-4-5;2*1-2;/h1-2,5,10,12,15,18,23H,3-4,6-9,20H2,(H,21,26)(H,22,25)(H,27,28);2-5H2,1H3;2H,1H3;1H2;1H4. The molecule has 1 aromatic rings. The molecule has 41 heavy (non-hydrogen) atoms. The summed E-state index contributed by atoms with van der Waals surface area (Å²) in [5, 5.41) is 30.7. The Bertz CT molecular complexity index is 872. The van der Waals surface area contributed by atoms with Crippen molar-refractivity contribution in [2.45, 2.75) is 71.6 Å². The number of anilines is 1. The summed E-state index contributed by atoms with van der Waals surface area (Å²) in [5.41, 5.74) is 11.0. The molecule has 0 spiro atoms. The van der Waals surface area contributed by atoms with Crippen LogP contribution in [0.4, 0.5) is 5.69 Å². The summed E-state index contributed by atoms with van der Waals surface area (Å²) in [4.78, 5) is 53.4. The molecule has 3 unspecified atom stereocenters. The zero-order valence-corrected chi connectivity index (χ0v) is 22.9. The van der Waals surface area contributed by atoms with Crippen molar-refractivity contribution in [1.82, 2.24) is 5.32 Å². The summed E-state index contributed by atoms with van der Waals surface area (Å²) < 4.78 is 16.0. The number of hydrogen-bond donors (Lipinski definition) is 7. The highest BCUT2D eigenvalue weighted by atomic mass is 16.7. The Balaban J connectivity index is -0.00000128. The summed E-state index contributed by atoms with van der Waals surface area (Å²) in [5.74, 6) is -1.89. The number of carbonyl (C=O) groups excluding carboxylic acids is 4. The van der Waals surface area contributed by atoms with Crippen molar-refractivity contribution in [3.8, 4) is 5.75 Å². The summed E-state index contributed by atoms with van der Waals surface area (Å²) in [6.45, 7) is 4.81. The van der Waals surface area contributed by atoms with Gasteiger partial charge >= 0.3 is 5.97 Å². The molecule has 1 aliphatic heterocycles. The van der Waals surface area contributed by atoms with Crippen molar-refractivity contribution in [1.29, 1.82) is 0 Å². The fraction of sp³-hybridized carbons (Fsp3) is 0.577. The first kappa shape index (κ1) is 41.8. The molecule has 1 aliphatic rings. The molecule has 0 aromatic heterocycles. The maximum absolute atomic E-state index is 12.2. The summed E-state index contributed by atoms with van der Waals surface area (Å²) in [6, 6.07) is 4.53. The third-order valence-electron chi connectivity index (χ3n) is 4.95. The van der Waals surface area contributed by atoms with Crippen molar-refractivity contribution in [2.24, 2.45) is 11.5 Å². The number of aliphatic hydroxyl groups is 2. The predicted octanol–water partition coefficient (Wildman–Crippen LogP) is -0.103. The minimum atomic E-state index is -1.23. The Labute approximate surface area is 240 Å². The first-order chi connectivity index (χ1) is 19.3. The Morgan fingerprint density at radius 1 is 1.17 bits per heavy atom. The van der Waals surface area contributed by atoms with Gasteiger partial charge in [-0.3, -0.25) is 14.4 Å². The Kier molecular flexibility index (Phi) is 27.1. The lowest BCUT2D eigenvalue weighted by Crippen LogP contribution is -2.43. The lowest BCUT2D eigenvalue weighted by atomic mass is 10.0. The van der Waals surface area contributed by atoms with Gasteiger partial charge in [0.25, 0.3) is 6.47 Å². The van der Waals surface area contributed by atoms with Gasteiger partial charge in [0.15, 0.2) is 6.10 Å². The number of carboxylic acid groups (broad SMARTS) is 1. The number of rotatable bonds is 13. The van der Waals surface area contributed by atoms with Crippen LogP contribution in [-0.2, 0) is 40.1 Å². The van der Waals surface area contributed by atoms with E-state index in [1.165, 1.54) is 25.0 Å². The zero-order valence-electron chi connectivity index (χ0n) is 22.9. The first-order valence-corrected chi connectivity index (χ1v) is 12.4. The SMILES string of the molecule is C.C=O.CCCCN.CO.NCC(=O)NCCC(=O)Nc1cc(CO)ccc1OC1CC(OC=O)CC(C(=O)O)O1. The Hall–Kier alpha value is -3.63. The third kappa shape index (κ3) is 18.4. The second-order valence-electron chi connectivity index (χ2n) is 7.82. The largest absolute Gasteiger partial charge is 0.479 e. The van der Waals surface area contributed by atoms with Gasteiger partial charge in [0.1, 0.15) is 18.6 Å². The Morgan fingerprint density at radius 3 is 2.32 bits per heavy atom. The number of carbonyl (C=O) groups is 5. The second kappa shape index (κ2) is 26.6. The number of ether oxygens (including phenoxy) is 3. The highest BCUT2D eigenvalue weighted by Gasteiger charge is 2.36. The molecule has 3 atom stereocenters. The molecule has 2 rings (SSSR count). The number of amides is 2. The molecule has 9 N–H and O–H groups in total. The van der Waals surface area contributed by atoms with Gasteiger partial charge in [-0.15, -0.1) is 0 Å². The molecular formula is C26H46N4O11. The first-order valence-electron chi connectivity index (χ1n) is 12.4. The van der Waals surface area contributed by atoms with Gasteiger partial charge in [-0.1, -0.05) is 26.8 Å². The van der Waals surface area contributed by atoms with Crippen LogP contribution in [0.25, 0.3) is 0 Å². The van der Waals surface area contributed by atoms with E-state index in [-0.39, 0.29) is 64.3 Å². The highest BCUT2D eigenvalue weighted by Crippen LogP contribution is 2.31. The van der Waals surface area contributed by atoms with Crippen LogP contribution in [0.3, 0.4) is 0 Å². The van der Waals surface area contributed by atoms with Gasteiger partial charge in [0.05, 0.1) is 18.8 Å². The molecule has 0 radical (unpaired) electrons. The number of hydrogen-bond acceptors (Lipinski definition) is 12. The van der Waals surface area contributed by atoms with Gasteiger partial charge in [0, 0.05) is 32.9 Å². The van der Waals surface area contributed by atoms with Crippen LogP contribution in [0.2, 0.25) is 0 Å². The van der Waals surface area contributed by atoms with E-state index in [1.54, 1.807) is 6.07 Å². The quantitative estimate of drug-likeness (QED) is 0.148. The lowest BCUT2D eigenvalue weighted by molar-refractivity contribution is -0.199. The number of benzene rings is 1. The van der Waals surface area contributed by atoms with Crippen LogP contribution in [0.5, 0.6) is 5.75 Å². The number of aliphatic carboxylic acids is 1. The number of unbranched alkanes of at least 4 members (excludes halogenated alkanes) is 1. The maximum atomic E-state index is 12.2.